The average Bonchev–Trinajstić information content (AvgIpc) is 2.30. The second-order valence-corrected chi connectivity index (χ2v) is 3.23. The van der Waals surface area contributed by atoms with Gasteiger partial charge in [-0.05, 0) is 6.07 Å². The van der Waals surface area contributed by atoms with Crippen molar-refractivity contribution in [1.82, 2.24) is 9.97 Å². The van der Waals surface area contributed by atoms with Gasteiger partial charge in [0.2, 0.25) is 0 Å². The highest BCUT2D eigenvalue weighted by atomic mass is 16.3. The fourth-order valence-corrected chi connectivity index (χ4v) is 1.31. The largest absolute Gasteiger partial charge is 0.507 e. The second kappa shape index (κ2) is 4.44. The average molecular weight is 214 g/mol. The van der Waals surface area contributed by atoms with Crippen molar-refractivity contribution >= 4 is 11.8 Å². The molecule has 4 nitrogen and oxygen atoms in total. The molecule has 0 radical (unpaired) electrons. The van der Waals surface area contributed by atoms with Crippen LogP contribution in [0.4, 0.5) is 0 Å². The summed E-state index contributed by atoms with van der Waals surface area (Å²) in [5.74, 6) is 0.0995. The SMILES string of the molecule is O=c1nccc(/C=C(\O)c2ccccc2)[nH]1. The first-order chi connectivity index (χ1) is 7.75. The fraction of sp³-hybridized carbons (Fsp3) is 0. The minimum absolute atomic E-state index is 0.0995. The molecule has 0 aliphatic rings. The molecule has 0 atom stereocenters. The summed E-state index contributed by atoms with van der Waals surface area (Å²) in [6.45, 7) is 0. The molecule has 0 aliphatic carbocycles. The van der Waals surface area contributed by atoms with Crippen LogP contribution in [-0.2, 0) is 0 Å². The summed E-state index contributed by atoms with van der Waals surface area (Å²) in [6, 6.07) is 10.7. The highest BCUT2D eigenvalue weighted by Crippen LogP contribution is 2.12. The van der Waals surface area contributed by atoms with Crippen molar-refractivity contribution in [3.8, 4) is 0 Å². The molecule has 0 fully saturated rings. The first-order valence-corrected chi connectivity index (χ1v) is 4.77. The highest BCUT2D eigenvalue weighted by Gasteiger charge is 1.98. The Balaban J connectivity index is 2.35. The number of hydrogen-bond acceptors (Lipinski definition) is 3. The Bertz CT molecular complexity index is 558. The molecule has 16 heavy (non-hydrogen) atoms. The molecule has 0 unspecified atom stereocenters. The Morgan fingerprint density at radius 2 is 2.00 bits per heavy atom. The molecule has 0 saturated heterocycles. The summed E-state index contributed by atoms with van der Waals surface area (Å²) >= 11 is 0. The lowest BCUT2D eigenvalue weighted by Crippen LogP contribution is -2.09. The lowest BCUT2D eigenvalue weighted by molar-refractivity contribution is 0.515. The summed E-state index contributed by atoms with van der Waals surface area (Å²) in [7, 11) is 0. The topological polar surface area (TPSA) is 66.0 Å². The first kappa shape index (κ1) is 10.2. The van der Waals surface area contributed by atoms with Gasteiger partial charge in [0.15, 0.2) is 0 Å². The van der Waals surface area contributed by atoms with E-state index >= 15 is 0 Å². The molecule has 0 amide bonds. The van der Waals surface area contributed by atoms with Gasteiger partial charge in [0.1, 0.15) is 5.76 Å². The van der Waals surface area contributed by atoms with E-state index in [-0.39, 0.29) is 5.76 Å². The van der Waals surface area contributed by atoms with Gasteiger partial charge < -0.3 is 10.1 Å². The van der Waals surface area contributed by atoms with Gasteiger partial charge in [-0.2, -0.15) is 0 Å². The third-order valence-electron chi connectivity index (χ3n) is 2.06. The number of aromatic nitrogens is 2. The van der Waals surface area contributed by atoms with Gasteiger partial charge in [-0.3, -0.25) is 0 Å². The van der Waals surface area contributed by atoms with Crippen molar-refractivity contribution in [2.75, 3.05) is 0 Å². The number of aromatic amines is 1. The molecule has 0 aliphatic heterocycles. The summed E-state index contributed by atoms with van der Waals surface area (Å²) in [4.78, 5) is 16.9. The summed E-state index contributed by atoms with van der Waals surface area (Å²) in [5, 5.41) is 9.78. The monoisotopic (exact) mass is 214 g/mol. The Labute approximate surface area is 91.9 Å². The molecule has 80 valence electrons. The van der Waals surface area contributed by atoms with Crippen LogP contribution in [0.3, 0.4) is 0 Å². The van der Waals surface area contributed by atoms with E-state index in [0.29, 0.717) is 11.3 Å². The summed E-state index contributed by atoms with van der Waals surface area (Å²) in [6.07, 6.45) is 2.88. The van der Waals surface area contributed by atoms with Crippen LogP contribution in [0.2, 0.25) is 0 Å². The molecule has 2 rings (SSSR count). The lowest BCUT2D eigenvalue weighted by atomic mass is 10.1. The predicted octanol–water partition coefficient (Wildman–Crippen LogP) is 1.83. The molecular weight excluding hydrogens is 204 g/mol. The van der Waals surface area contributed by atoms with Crippen LogP contribution in [-0.4, -0.2) is 15.1 Å². The molecule has 0 saturated carbocycles. The molecule has 2 N–H and O–H groups in total. The van der Waals surface area contributed by atoms with Crippen LogP contribution in [0, 0.1) is 0 Å². The van der Waals surface area contributed by atoms with Crippen LogP contribution >= 0.6 is 0 Å². The maximum atomic E-state index is 10.9. The van der Waals surface area contributed by atoms with Crippen LogP contribution in [0.5, 0.6) is 0 Å². The number of rotatable bonds is 2. The van der Waals surface area contributed by atoms with Gasteiger partial charge in [0.25, 0.3) is 0 Å². The standard InChI is InChI=1S/C12H10N2O2/c15-11(9-4-2-1-3-5-9)8-10-6-7-13-12(16)14-10/h1-8,15H,(H,13,14,16)/b11-8-. The molecule has 0 bridgehead atoms. The summed E-state index contributed by atoms with van der Waals surface area (Å²) in [5.41, 5.74) is 0.774. The number of nitrogens with one attached hydrogen (secondary N) is 1. The van der Waals surface area contributed by atoms with E-state index in [0.717, 1.165) is 0 Å². The Kier molecular flexibility index (Phi) is 2.82. The van der Waals surface area contributed by atoms with Crippen molar-refractivity contribution in [1.29, 1.82) is 0 Å². The van der Waals surface area contributed by atoms with Gasteiger partial charge >= 0.3 is 5.69 Å². The van der Waals surface area contributed by atoms with Crippen molar-refractivity contribution in [3.63, 3.8) is 0 Å². The van der Waals surface area contributed by atoms with Crippen LogP contribution in [0.15, 0.2) is 47.4 Å². The molecule has 4 heteroatoms. The maximum absolute atomic E-state index is 10.9. The van der Waals surface area contributed by atoms with E-state index in [1.54, 1.807) is 18.2 Å². The normalized spacial score (nSPS) is 11.4. The molecule has 1 aromatic heterocycles. The highest BCUT2D eigenvalue weighted by molar-refractivity contribution is 5.74. The van der Waals surface area contributed by atoms with Gasteiger partial charge in [-0.15, -0.1) is 0 Å². The van der Waals surface area contributed by atoms with E-state index in [1.807, 2.05) is 18.2 Å². The number of hydrogen-bond donors (Lipinski definition) is 2. The maximum Gasteiger partial charge on any atom is 0.345 e. The molecular formula is C12H10N2O2. The van der Waals surface area contributed by atoms with Crippen molar-refractivity contribution in [2.45, 2.75) is 0 Å². The van der Waals surface area contributed by atoms with Gasteiger partial charge in [-0.1, -0.05) is 30.3 Å². The van der Waals surface area contributed by atoms with E-state index in [2.05, 4.69) is 9.97 Å². The number of H-pyrrole nitrogens is 1. The molecule has 0 spiro atoms. The number of aliphatic hydroxyl groups is 1. The number of aliphatic hydroxyl groups excluding tert-OH is 1. The van der Waals surface area contributed by atoms with Gasteiger partial charge in [0.05, 0.1) is 0 Å². The zero-order chi connectivity index (χ0) is 11.4. The molecule has 1 aromatic carbocycles. The minimum Gasteiger partial charge on any atom is -0.507 e. The summed E-state index contributed by atoms with van der Waals surface area (Å²) < 4.78 is 0. The zero-order valence-corrected chi connectivity index (χ0v) is 8.42. The quantitative estimate of drug-likeness (QED) is 0.749. The van der Waals surface area contributed by atoms with E-state index in [1.165, 1.54) is 12.3 Å². The lowest BCUT2D eigenvalue weighted by Gasteiger charge is -1.99. The smallest absolute Gasteiger partial charge is 0.345 e. The molecule has 2 aromatic rings. The van der Waals surface area contributed by atoms with E-state index < -0.39 is 5.69 Å². The minimum atomic E-state index is -0.436. The third-order valence-corrected chi connectivity index (χ3v) is 2.06. The van der Waals surface area contributed by atoms with Crippen molar-refractivity contribution < 1.29 is 5.11 Å². The van der Waals surface area contributed by atoms with Crippen molar-refractivity contribution in [2.24, 2.45) is 0 Å². The molecule has 1 heterocycles. The van der Waals surface area contributed by atoms with Crippen LogP contribution in [0.1, 0.15) is 11.3 Å². The fourth-order valence-electron chi connectivity index (χ4n) is 1.31. The van der Waals surface area contributed by atoms with Crippen LogP contribution < -0.4 is 5.69 Å². The Hall–Kier alpha value is -2.36. The Morgan fingerprint density at radius 1 is 1.25 bits per heavy atom. The Morgan fingerprint density at radius 3 is 2.69 bits per heavy atom. The zero-order valence-electron chi connectivity index (χ0n) is 8.42. The van der Waals surface area contributed by atoms with E-state index in [9.17, 15) is 9.90 Å². The first-order valence-electron chi connectivity index (χ1n) is 4.77. The second-order valence-electron chi connectivity index (χ2n) is 3.23. The van der Waals surface area contributed by atoms with Gasteiger partial charge in [-0.25, -0.2) is 9.78 Å². The third kappa shape index (κ3) is 2.36. The van der Waals surface area contributed by atoms with Crippen LogP contribution in [0.25, 0.3) is 11.8 Å². The van der Waals surface area contributed by atoms with Crippen molar-refractivity contribution in [3.05, 3.63) is 64.3 Å². The van der Waals surface area contributed by atoms with Gasteiger partial charge in [0, 0.05) is 23.5 Å². The number of nitrogens with zero attached hydrogens (tertiary/aromatic N) is 1. The predicted molar refractivity (Wildman–Crippen MR) is 61.8 cm³/mol. The number of benzene rings is 1. The van der Waals surface area contributed by atoms with E-state index in [4.69, 9.17) is 0 Å².